The van der Waals surface area contributed by atoms with E-state index in [9.17, 15) is 0 Å². The Hall–Kier alpha value is -2.35. The van der Waals surface area contributed by atoms with Gasteiger partial charge in [0, 0.05) is 5.56 Å². The zero-order valence-corrected chi connectivity index (χ0v) is 9.91. The number of hydrogen-bond donors (Lipinski definition) is 0. The molecule has 0 saturated heterocycles. The van der Waals surface area contributed by atoms with Crippen molar-refractivity contribution in [3.63, 3.8) is 0 Å². The lowest BCUT2D eigenvalue weighted by molar-refractivity contribution is 0.305. The molecule has 1 aliphatic heterocycles. The smallest absolute Gasteiger partial charge is 0.130 e. The third kappa shape index (κ3) is 2.18. The van der Waals surface area contributed by atoms with Crippen molar-refractivity contribution in [3.05, 3.63) is 72.0 Å². The van der Waals surface area contributed by atoms with Crippen molar-refractivity contribution in [1.29, 1.82) is 0 Å². The van der Waals surface area contributed by atoms with Gasteiger partial charge in [0.25, 0.3) is 0 Å². The Morgan fingerprint density at radius 2 is 1.67 bits per heavy atom. The van der Waals surface area contributed by atoms with Gasteiger partial charge in [0.05, 0.1) is 17.7 Å². The third-order valence-electron chi connectivity index (χ3n) is 2.86. The average molecular weight is 235 g/mol. The quantitative estimate of drug-likeness (QED) is 0.736. The van der Waals surface area contributed by atoms with Crippen LogP contribution in [0.2, 0.25) is 0 Å². The summed E-state index contributed by atoms with van der Waals surface area (Å²) in [6.07, 6.45) is 3.68. The molecule has 0 aliphatic carbocycles. The van der Waals surface area contributed by atoms with E-state index in [2.05, 4.69) is 12.1 Å². The molecular weight excluding hydrogens is 222 g/mol. The second kappa shape index (κ2) is 4.88. The fraction of sp³-hybridized carbons (Fsp3) is 0.0625. The van der Waals surface area contributed by atoms with Gasteiger partial charge in [0.1, 0.15) is 6.61 Å². The molecule has 18 heavy (non-hydrogen) atoms. The predicted molar refractivity (Wildman–Crippen MR) is 74.1 cm³/mol. The molecule has 0 atom stereocenters. The number of benzene rings is 2. The number of rotatable bonds is 1. The van der Waals surface area contributed by atoms with E-state index in [4.69, 9.17) is 9.73 Å². The summed E-state index contributed by atoms with van der Waals surface area (Å²) in [4.78, 5) is 4.71. The molecule has 2 heteroatoms. The standard InChI is InChI=1S/C16H13NO/c1-2-6-13(7-3-1)16-12-18-11-10-14-8-4-5-9-15(14)17-16/h1-11H,12H2. The molecule has 0 amide bonds. The fourth-order valence-corrected chi connectivity index (χ4v) is 1.93. The Balaban J connectivity index is 2.08. The molecule has 0 N–H and O–H groups in total. The zero-order chi connectivity index (χ0) is 12.2. The van der Waals surface area contributed by atoms with E-state index >= 15 is 0 Å². The second-order valence-electron chi connectivity index (χ2n) is 4.10. The largest absolute Gasteiger partial charge is 0.495 e. The summed E-state index contributed by atoms with van der Waals surface area (Å²) in [5.74, 6) is 0. The summed E-state index contributed by atoms with van der Waals surface area (Å²) in [7, 11) is 0. The van der Waals surface area contributed by atoms with Gasteiger partial charge >= 0.3 is 0 Å². The van der Waals surface area contributed by atoms with Crippen molar-refractivity contribution >= 4 is 17.5 Å². The minimum absolute atomic E-state index is 0.495. The van der Waals surface area contributed by atoms with E-state index < -0.39 is 0 Å². The molecule has 2 aromatic rings. The number of aliphatic imine (C=N–C) groups is 1. The van der Waals surface area contributed by atoms with E-state index in [-0.39, 0.29) is 0 Å². The van der Waals surface area contributed by atoms with Gasteiger partial charge in [-0.2, -0.15) is 0 Å². The highest BCUT2D eigenvalue weighted by Gasteiger charge is 2.07. The summed E-state index contributed by atoms with van der Waals surface area (Å²) in [5.41, 5.74) is 4.11. The normalized spacial score (nSPS) is 13.9. The van der Waals surface area contributed by atoms with Crippen molar-refractivity contribution in [1.82, 2.24) is 0 Å². The van der Waals surface area contributed by atoms with E-state index in [1.54, 1.807) is 6.26 Å². The number of ether oxygens (including phenoxy) is 1. The van der Waals surface area contributed by atoms with Gasteiger partial charge in [-0.05, 0) is 17.7 Å². The van der Waals surface area contributed by atoms with Crippen LogP contribution < -0.4 is 0 Å². The van der Waals surface area contributed by atoms with E-state index in [0.717, 1.165) is 22.5 Å². The molecule has 0 bridgehead atoms. The van der Waals surface area contributed by atoms with Gasteiger partial charge in [-0.1, -0.05) is 48.5 Å². The Labute approximate surface area is 106 Å². The molecule has 0 spiro atoms. The molecule has 0 radical (unpaired) electrons. The molecule has 0 aromatic heterocycles. The number of fused-ring (bicyclic) bond motifs is 1. The summed E-state index contributed by atoms with van der Waals surface area (Å²) in [5, 5.41) is 0. The Morgan fingerprint density at radius 3 is 2.56 bits per heavy atom. The highest BCUT2D eigenvalue weighted by Crippen LogP contribution is 2.23. The SMILES string of the molecule is C1=Cc2ccccc2N=C(c2ccccc2)CO1. The number of hydrogen-bond acceptors (Lipinski definition) is 2. The molecule has 0 saturated carbocycles. The maximum absolute atomic E-state index is 5.49. The first-order valence-electron chi connectivity index (χ1n) is 5.94. The van der Waals surface area contributed by atoms with Crippen LogP contribution in [-0.2, 0) is 4.74 Å². The molecule has 88 valence electrons. The van der Waals surface area contributed by atoms with Crippen molar-refractivity contribution in [3.8, 4) is 0 Å². The average Bonchev–Trinajstić information content (AvgIpc) is 2.41. The zero-order valence-electron chi connectivity index (χ0n) is 9.91. The maximum atomic E-state index is 5.49. The molecule has 0 fully saturated rings. The van der Waals surface area contributed by atoms with Crippen LogP contribution >= 0.6 is 0 Å². The highest BCUT2D eigenvalue weighted by atomic mass is 16.5. The lowest BCUT2D eigenvalue weighted by Crippen LogP contribution is -2.09. The van der Waals surface area contributed by atoms with Crippen molar-refractivity contribution in [2.45, 2.75) is 0 Å². The number of nitrogens with zero attached hydrogens (tertiary/aromatic N) is 1. The predicted octanol–water partition coefficient (Wildman–Crippen LogP) is 3.81. The Morgan fingerprint density at radius 1 is 0.889 bits per heavy atom. The molecule has 2 aromatic carbocycles. The lowest BCUT2D eigenvalue weighted by atomic mass is 10.1. The van der Waals surface area contributed by atoms with Crippen LogP contribution in [0.15, 0.2) is 65.9 Å². The van der Waals surface area contributed by atoms with Crippen LogP contribution in [0.3, 0.4) is 0 Å². The van der Waals surface area contributed by atoms with Crippen LogP contribution in [0.25, 0.3) is 6.08 Å². The fourth-order valence-electron chi connectivity index (χ4n) is 1.93. The molecule has 2 nitrogen and oxygen atoms in total. The van der Waals surface area contributed by atoms with Gasteiger partial charge < -0.3 is 4.74 Å². The van der Waals surface area contributed by atoms with Gasteiger partial charge in [0.2, 0.25) is 0 Å². The summed E-state index contributed by atoms with van der Waals surface area (Å²) in [6.45, 7) is 0.495. The van der Waals surface area contributed by atoms with Gasteiger partial charge in [-0.3, -0.25) is 0 Å². The first-order chi connectivity index (χ1) is 8.93. The minimum Gasteiger partial charge on any atom is -0.495 e. The highest BCUT2D eigenvalue weighted by molar-refractivity contribution is 6.03. The van der Waals surface area contributed by atoms with Crippen molar-refractivity contribution < 1.29 is 4.74 Å². The number of para-hydroxylation sites is 1. The molecule has 0 unspecified atom stereocenters. The van der Waals surface area contributed by atoms with Crippen LogP contribution in [0.1, 0.15) is 11.1 Å². The summed E-state index contributed by atoms with van der Waals surface area (Å²) < 4.78 is 5.49. The van der Waals surface area contributed by atoms with Crippen LogP contribution in [0.4, 0.5) is 5.69 Å². The van der Waals surface area contributed by atoms with Crippen LogP contribution in [0.5, 0.6) is 0 Å². The van der Waals surface area contributed by atoms with Crippen molar-refractivity contribution in [2.75, 3.05) is 6.61 Å². The van der Waals surface area contributed by atoms with E-state index in [0.29, 0.717) is 6.61 Å². The van der Waals surface area contributed by atoms with E-state index in [1.165, 1.54) is 0 Å². The molecule has 1 heterocycles. The Kier molecular flexibility index (Phi) is 2.92. The summed E-state index contributed by atoms with van der Waals surface area (Å²) in [6, 6.07) is 18.2. The Bertz CT molecular complexity index is 600. The topological polar surface area (TPSA) is 21.6 Å². The lowest BCUT2D eigenvalue weighted by Gasteiger charge is -2.11. The third-order valence-corrected chi connectivity index (χ3v) is 2.86. The van der Waals surface area contributed by atoms with Crippen LogP contribution in [0, 0.1) is 0 Å². The molecular formula is C16H13NO. The first-order valence-corrected chi connectivity index (χ1v) is 5.94. The summed E-state index contributed by atoms with van der Waals surface area (Å²) >= 11 is 0. The van der Waals surface area contributed by atoms with E-state index in [1.807, 2.05) is 48.5 Å². The first kappa shape index (κ1) is 10.8. The monoisotopic (exact) mass is 235 g/mol. The van der Waals surface area contributed by atoms with Gasteiger partial charge in [-0.15, -0.1) is 0 Å². The van der Waals surface area contributed by atoms with Gasteiger partial charge in [0.15, 0.2) is 0 Å². The maximum Gasteiger partial charge on any atom is 0.130 e. The van der Waals surface area contributed by atoms with Gasteiger partial charge in [-0.25, -0.2) is 4.99 Å². The van der Waals surface area contributed by atoms with Crippen LogP contribution in [-0.4, -0.2) is 12.3 Å². The van der Waals surface area contributed by atoms with Crippen molar-refractivity contribution in [2.24, 2.45) is 4.99 Å². The molecule has 1 aliphatic rings. The second-order valence-corrected chi connectivity index (χ2v) is 4.10. The molecule has 3 rings (SSSR count). The minimum atomic E-state index is 0.495.